The lowest BCUT2D eigenvalue weighted by Gasteiger charge is -2.42. The molecule has 6 N–H and O–H groups in total. The molecule has 18 heteroatoms. The van der Waals surface area contributed by atoms with Gasteiger partial charge in [-0.1, -0.05) is 57.2 Å². The highest BCUT2D eigenvalue weighted by Gasteiger charge is 2.45. The number of unbranched alkanes of at least 4 members (excludes halogenated alkanes) is 1. The molecule has 0 radical (unpaired) electrons. The lowest BCUT2D eigenvalue weighted by molar-refractivity contribution is -0.144. The van der Waals surface area contributed by atoms with Crippen LogP contribution in [-0.4, -0.2) is 132 Å². The number of hydrogen-bond donors (Lipinski definition) is 5. The van der Waals surface area contributed by atoms with Gasteiger partial charge in [0.25, 0.3) is 0 Å². The number of phenols is 1. The van der Waals surface area contributed by atoms with E-state index in [4.69, 9.17) is 15.7 Å². The number of carbonyl (C=O) groups is 3. The monoisotopic (exact) mass is 970 g/mol. The molecule has 2 bridgehead atoms. The normalized spacial score (nSPS) is 21.2. The Labute approximate surface area is 413 Å². The van der Waals surface area contributed by atoms with Crippen LogP contribution in [0.4, 0.5) is 17.5 Å². The Morgan fingerprint density at radius 1 is 0.914 bits per heavy atom. The SMILES string of the molecule is Cc1ncsc1-c1ccc(CNC(=O)[C@@H]2C[C@@H](O)CN2C(=O)[C@@H](NC(=O)CCCCN2CCC(c3cnc(N4C5CCC4CN(c4cc(-c6ccccc6O)nnc4N)C5)nc3)CC2)C(C)(C)C)cc1. The van der Waals surface area contributed by atoms with E-state index in [2.05, 4.69) is 40.5 Å². The number of nitrogens with zero attached hydrogens (tertiary/aromatic N) is 9. The number of aromatic hydroxyl groups is 1. The van der Waals surface area contributed by atoms with E-state index in [-0.39, 0.29) is 55.1 Å². The predicted molar refractivity (Wildman–Crippen MR) is 271 cm³/mol. The number of aliphatic hydroxyl groups is 1. The van der Waals surface area contributed by atoms with Crippen LogP contribution in [0.1, 0.15) is 94.9 Å². The van der Waals surface area contributed by atoms with Crippen molar-refractivity contribution in [3.8, 4) is 27.4 Å². The number of thiazole rings is 1. The maximum Gasteiger partial charge on any atom is 0.246 e. The molecule has 370 valence electrons. The van der Waals surface area contributed by atoms with Crippen molar-refractivity contribution in [1.29, 1.82) is 0 Å². The van der Waals surface area contributed by atoms with E-state index >= 15 is 0 Å². The molecule has 9 rings (SSSR count). The van der Waals surface area contributed by atoms with Crippen LogP contribution in [0.3, 0.4) is 0 Å². The Kier molecular flexibility index (Phi) is 14.6. The minimum absolute atomic E-state index is 0.0322. The minimum Gasteiger partial charge on any atom is -0.507 e. The van der Waals surface area contributed by atoms with Crippen molar-refractivity contribution in [3.63, 3.8) is 0 Å². The number of anilines is 3. The first-order valence-electron chi connectivity index (χ1n) is 24.7. The van der Waals surface area contributed by atoms with Gasteiger partial charge in [0.2, 0.25) is 23.7 Å². The molecule has 3 aromatic heterocycles. The zero-order valence-electron chi connectivity index (χ0n) is 40.6. The van der Waals surface area contributed by atoms with Crippen LogP contribution in [-0.2, 0) is 20.9 Å². The number of piperidine rings is 1. The molecule has 0 spiro atoms. The Morgan fingerprint density at radius 3 is 2.30 bits per heavy atom. The summed E-state index contributed by atoms with van der Waals surface area (Å²) in [6.45, 7) is 12.3. The number of nitrogens with two attached hydrogens (primary N) is 1. The van der Waals surface area contributed by atoms with E-state index in [1.54, 1.807) is 23.5 Å². The van der Waals surface area contributed by atoms with E-state index in [9.17, 15) is 24.6 Å². The second kappa shape index (κ2) is 21.0. The molecule has 4 saturated heterocycles. The highest BCUT2D eigenvalue weighted by atomic mass is 32.1. The van der Waals surface area contributed by atoms with Gasteiger partial charge < -0.3 is 46.2 Å². The molecule has 5 aromatic rings. The molecule has 17 nitrogen and oxygen atoms in total. The zero-order valence-corrected chi connectivity index (χ0v) is 41.4. The van der Waals surface area contributed by atoms with Crippen molar-refractivity contribution in [2.45, 2.75) is 122 Å². The van der Waals surface area contributed by atoms with E-state index in [0.29, 0.717) is 35.8 Å². The van der Waals surface area contributed by atoms with Gasteiger partial charge in [-0.25, -0.2) is 15.0 Å². The summed E-state index contributed by atoms with van der Waals surface area (Å²) in [5.41, 5.74) is 13.7. The van der Waals surface area contributed by atoms with Crippen LogP contribution in [0.15, 0.2) is 72.5 Å². The largest absolute Gasteiger partial charge is 0.507 e. The summed E-state index contributed by atoms with van der Waals surface area (Å²) in [5.74, 6) is 0.794. The number of amides is 3. The quantitative estimate of drug-likeness (QED) is 0.0799. The van der Waals surface area contributed by atoms with Crippen LogP contribution < -0.4 is 26.2 Å². The lowest BCUT2D eigenvalue weighted by atomic mass is 9.85. The number of β-amino-alcohol motifs (C(OH)–C–C–N with tert-alkyl or cyclic N) is 1. The van der Waals surface area contributed by atoms with Crippen molar-refractivity contribution in [3.05, 3.63) is 89.3 Å². The number of phenolic OH excluding ortho intramolecular Hbond substituents is 1. The number of carbonyl (C=O) groups excluding carboxylic acids is 3. The maximum absolute atomic E-state index is 14.1. The van der Waals surface area contributed by atoms with Crippen molar-refractivity contribution < 1.29 is 24.6 Å². The van der Waals surface area contributed by atoms with E-state index in [1.165, 1.54) is 10.5 Å². The van der Waals surface area contributed by atoms with Gasteiger partial charge in [0.15, 0.2) is 5.82 Å². The van der Waals surface area contributed by atoms with Crippen LogP contribution >= 0.6 is 11.3 Å². The molecular formula is C52H66N12O5S. The first-order chi connectivity index (χ1) is 33.7. The molecule has 0 aliphatic carbocycles. The fourth-order valence-electron chi connectivity index (χ4n) is 10.7. The number of aliphatic hydroxyl groups excluding tert-OH is 1. The van der Waals surface area contributed by atoms with Crippen molar-refractivity contribution in [2.75, 3.05) is 54.8 Å². The number of piperazine rings is 1. The number of benzene rings is 2. The molecule has 4 fully saturated rings. The molecular weight excluding hydrogens is 905 g/mol. The van der Waals surface area contributed by atoms with Crippen molar-refractivity contribution in [2.24, 2.45) is 5.41 Å². The Bertz CT molecular complexity index is 2620. The third-order valence-corrected chi connectivity index (χ3v) is 15.6. The smallest absolute Gasteiger partial charge is 0.246 e. The highest BCUT2D eigenvalue weighted by molar-refractivity contribution is 7.13. The zero-order chi connectivity index (χ0) is 49.1. The molecule has 2 unspecified atom stereocenters. The summed E-state index contributed by atoms with van der Waals surface area (Å²) in [5, 5.41) is 35.6. The Hall–Kier alpha value is -6.24. The van der Waals surface area contributed by atoms with Gasteiger partial charge in [0, 0.05) is 69.1 Å². The van der Waals surface area contributed by atoms with E-state index < -0.39 is 23.6 Å². The average Bonchev–Trinajstić information content (AvgIpc) is 4.05. The number of nitrogen functional groups attached to an aromatic ring is 1. The van der Waals surface area contributed by atoms with Crippen molar-refractivity contribution >= 4 is 46.5 Å². The number of aryl methyl sites for hydroxylation is 1. The molecule has 2 aromatic carbocycles. The van der Waals surface area contributed by atoms with Gasteiger partial charge in [0.05, 0.1) is 33.6 Å². The first-order valence-corrected chi connectivity index (χ1v) is 25.6. The Balaban J connectivity index is 0.706. The fraction of sp³-hybridized carbons (Fsp3) is 0.500. The van der Waals surface area contributed by atoms with Crippen LogP contribution in [0, 0.1) is 12.3 Å². The summed E-state index contributed by atoms with van der Waals surface area (Å²) in [6, 6.07) is 15.8. The number of likely N-dealkylation sites (tertiary alicyclic amines) is 2. The van der Waals surface area contributed by atoms with Gasteiger partial charge in [-0.15, -0.1) is 21.5 Å². The fourth-order valence-corrected chi connectivity index (χ4v) is 11.5. The number of fused-ring (bicyclic) bond motifs is 2. The van der Waals surface area contributed by atoms with Gasteiger partial charge in [-0.3, -0.25) is 14.4 Å². The summed E-state index contributed by atoms with van der Waals surface area (Å²) in [6.07, 6.45) is 9.26. The van der Waals surface area contributed by atoms with Crippen molar-refractivity contribution in [1.82, 2.24) is 45.6 Å². The van der Waals surface area contributed by atoms with Gasteiger partial charge in [-0.2, -0.15) is 0 Å². The lowest BCUT2D eigenvalue weighted by Crippen LogP contribution is -2.57. The van der Waals surface area contributed by atoms with Crippen LogP contribution in [0.5, 0.6) is 5.75 Å². The third kappa shape index (κ3) is 10.9. The summed E-state index contributed by atoms with van der Waals surface area (Å²) >= 11 is 1.59. The number of aromatic nitrogens is 5. The molecule has 3 amide bonds. The summed E-state index contributed by atoms with van der Waals surface area (Å²) in [7, 11) is 0. The average molecular weight is 971 g/mol. The van der Waals surface area contributed by atoms with Gasteiger partial charge in [-0.05, 0) is 111 Å². The van der Waals surface area contributed by atoms with Crippen LogP contribution in [0.2, 0.25) is 0 Å². The summed E-state index contributed by atoms with van der Waals surface area (Å²) in [4.78, 5) is 64.9. The number of para-hydroxylation sites is 1. The van der Waals surface area contributed by atoms with Crippen LogP contribution in [0.25, 0.3) is 21.7 Å². The topological polar surface area (TPSA) is 219 Å². The van der Waals surface area contributed by atoms with E-state index in [1.807, 2.05) is 88.1 Å². The molecule has 4 aliphatic heterocycles. The Morgan fingerprint density at radius 2 is 1.63 bits per heavy atom. The maximum atomic E-state index is 14.1. The standard InChI is InChI=1S/C52H66N12O5S/c1-32-46(70-31-57-32)35-14-12-33(13-15-35)25-54-49(68)43-23-39(65)30-63(43)50(69)47(52(2,3)4)58-45(67)11-7-8-20-61-21-18-34(19-22-61)36-26-55-51(56-27-36)64-37-16-17-38(64)29-62(28-37)42-24-41(59-60-48(42)53)40-9-5-6-10-44(40)66/h5-6,9-10,12-15,24,26-27,31,34,37-39,43,47,65-66H,7-8,11,16-23,25,28-30H2,1-4H3,(H2,53,60)(H,54,68)(H,58,67)/t37?,38?,39-,43+,47-/m1/s1. The molecule has 7 heterocycles. The second-order valence-electron chi connectivity index (χ2n) is 20.5. The summed E-state index contributed by atoms with van der Waals surface area (Å²) < 4.78 is 0. The third-order valence-electron chi connectivity index (χ3n) is 14.6. The molecule has 5 atom stereocenters. The molecule has 0 saturated carbocycles. The van der Waals surface area contributed by atoms with Gasteiger partial charge >= 0.3 is 0 Å². The minimum atomic E-state index is -0.859. The number of rotatable bonds is 15. The number of hydrogen-bond acceptors (Lipinski definition) is 15. The first kappa shape index (κ1) is 48.8. The van der Waals surface area contributed by atoms with Gasteiger partial charge in [0.1, 0.15) is 17.8 Å². The predicted octanol–water partition coefficient (Wildman–Crippen LogP) is 5.67. The second-order valence-corrected chi connectivity index (χ2v) is 21.4. The molecule has 4 aliphatic rings. The highest BCUT2D eigenvalue weighted by Crippen LogP contribution is 2.39. The molecule has 70 heavy (non-hydrogen) atoms. The number of nitrogens with one attached hydrogen (secondary N) is 2. The van der Waals surface area contributed by atoms with E-state index in [0.717, 1.165) is 98.2 Å².